The summed E-state index contributed by atoms with van der Waals surface area (Å²) >= 11 is 0. The van der Waals surface area contributed by atoms with E-state index in [0.29, 0.717) is 11.1 Å². The van der Waals surface area contributed by atoms with Crippen molar-refractivity contribution >= 4 is 11.8 Å². The van der Waals surface area contributed by atoms with Gasteiger partial charge in [-0.05, 0) is 56.4 Å². The quantitative estimate of drug-likeness (QED) is 0.378. The zero-order valence-electron chi connectivity index (χ0n) is 19.4. The van der Waals surface area contributed by atoms with Gasteiger partial charge in [-0.1, -0.05) is 53.4 Å². The number of aryl methyl sites for hydroxylation is 1. The van der Waals surface area contributed by atoms with E-state index in [1.54, 1.807) is 0 Å². The average molecular weight is 403 g/mol. The Balaban J connectivity index is 3.09. The summed E-state index contributed by atoms with van der Waals surface area (Å²) in [4.78, 5) is 30.3. The summed E-state index contributed by atoms with van der Waals surface area (Å²) in [5, 5.41) is 0. The van der Waals surface area contributed by atoms with E-state index in [9.17, 15) is 9.59 Å². The fraction of sp³-hybridized carbons (Fsp3) is 0.680. The van der Waals surface area contributed by atoms with Gasteiger partial charge in [-0.15, -0.1) is 0 Å². The van der Waals surface area contributed by atoms with Crippen molar-refractivity contribution in [2.24, 2.45) is 0 Å². The molecule has 0 atom stereocenters. The highest BCUT2D eigenvalue weighted by atomic mass is 16.2. The molecule has 0 spiro atoms. The highest BCUT2D eigenvalue weighted by Crippen LogP contribution is 2.16. The predicted molar refractivity (Wildman–Crippen MR) is 123 cm³/mol. The third-order valence-corrected chi connectivity index (χ3v) is 5.27. The molecule has 0 aliphatic heterocycles. The van der Waals surface area contributed by atoms with Crippen molar-refractivity contribution in [3.8, 4) is 0 Å². The van der Waals surface area contributed by atoms with Gasteiger partial charge in [0.15, 0.2) is 0 Å². The molecule has 0 heterocycles. The Labute approximate surface area is 178 Å². The van der Waals surface area contributed by atoms with Crippen LogP contribution >= 0.6 is 0 Å². The van der Waals surface area contributed by atoms with Crippen molar-refractivity contribution in [2.75, 3.05) is 26.2 Å². The van der Waals surface area contributed by atoms with Gasteiger partial charge in [-0.3, -0.25) is 9.59 Å². The van der Waals surface area contributed by atoms with Crippen LogP contribution in [0.15, 0.2) is 18.2 Å². The number of rotatable bonds is 14. The molecule has 0 N–H and O–H groups in total. The van der Waals surface area contributed by atoms with Crippen LogP contribution < -0.4 is 0 Å². The first-order valence-corrected chi connectivity index (χ1v) is 11.7. The van der Waals surface area contributed by atoms with Crippen LogP contribution in [-0.2, 0) is 0 Å². The number of carbonyl (C=O) groups is 2. The lowest BCUT2D eigenvalue weighted by Crippen LogP contribution is -2.34. The van der Waals surface area contributed by atoms with Crippen molar-refractivity contribution in [2.45, 2.75) is 86.0 Å². The number of hydrogen-bond acceptors (Lipinski definition) is 2. The lowest BCUT2D eigenvalue weighted by atomic mass is 10.0. The van der Waals surface area contributed by atoms with Gasteiger partial charge in [0.1, 0.15) is 0 Å². The molecule has 0 aliphatic carbocycles. The molecule has 29 heavy (non-hydrogen) atoms. The van der Waals surface area contributed by atoms with Gasteiger partial charge >= 0.3 is 0 Å². The third-order valence-electron chi connectivity index (χ3n) is 5.27. The molecule has 4 heteroatoms. The lowest BCUT2D eigenvalue weighted by Gasteiger charge is -2.25. The normalized spacial score (nSPS) is 10.8. The van der Waals surface area contributed by atoms with Crippen LogP contribution in [0, 0.1) is 6.92 Å². The number of hydrogen-bond donors (Lipinski definition) is 0. The molecule has 0 saturated heterocycles. The van der Waals surface area contributed by atoms with E-state index in [4.69, 9.17) is 0 Å². The predicted octanol–water partition coefficient (Wildman–Crippen LogP) is 6.08. The van der Waals surface area contributed by atoms with E-state index < -0.39 is 0 Å². The fourth-order valence-corrected chi connectivity index (χ4v) is 3.42. The first kappa shape index (κ1) is 25.2. The highest BCUT2D eigenvalue weighted by Gasteiger charge is 2.20. The first-order chi connectivity index (χ1) is 14.0. The molecule has 2 amide bonds. The Morgan fingerprint density at radius 2 is 0.931 bits per heavy atom. The molecule has 0 aromatic heterocycles. The van der Waals surface area contributed by atoms with E-state index in [1.165, 1.54) is 0 Å². The second-order valence-electron chi connectivity index (χ2n) is 8.09. The molecule has 0 fully saturated rings. The summed E-state index contributed by atoms with van der Waals surface area (Å²) in [6.45, 7) is 13.7. The number of carbonyl (C=O) groups excluding carboxylic acids is 2. The summed E-state index contributed by atoms with van der Waals surface area (Å²) in [5.41, 5.74) is 2.26. The molecule has 0 bridgehead atoms. The maximum atomic E-state index is 13.2. The van der Waals surface area contributed by atoms with Crippen LogP contribution in [0.5, 0.6) is 0 Å². The molecule has 0 saturated carbocycles. The fourth-order valence-electron chi connectivity index (χ4n) is 3.42. The Bertz CT molecular complexity index is 561. The van der Waals surface area contributed by atoms with Gasteiger partial charge in [-0.25, -0.2) is 0 Å². The molecule has 0 radical (unpaired) electrons. The van der Waals surface area contributed by atoms with Crippen LogP contribution in [0.4, 0.5) is 0 Å². The maximum absolute atomic E-state index is 13.2. The number of nitrogens with zero attached hydrogens (tertiary/aromatic N) is 2. The summed E-state index contributed by atoms with van der Waals surface area (Å²) in [6.07, 6.45) is 8.30. The molecular weight excluding hydrogens is 360 g/mol. The number of benzene rings is 1. The minimum absolute atomic E-state index is 0.0540. The van der Waals surface area contributed by atoms with Gasteiger partial charge in [0, 0.05) is 37.3 Å². The summed E-state index contributed by atoms with van der Waals surface area (Å²) < 4.78 is 0. The van der Waals surface area contributed by atoms with E-state index in [0.717, 1.165) is 83.1 Å². The summed E-state index contributed by atoms with van der Waals surface area (Å²) in [6, 6.07) is 5.66. The Hall–Kier alpha value is -1.84. The SMILES string of the molecule is CCCCN(CCCC)C(=O)c1cc(C)cc(C(=O)N(CCCC)CCCC)c1. The van der Waals surface area contributed by atoms with Crippen LogP contribution in [0.25, 0.3) is 0 Å². The third kappa shape index (κ3) is 8.59. The van der Waals surface area contributed by atoms with E-state index in [1.807, 2.05) is 34.9 Å². The van der Waals surface area contributed by atoms with Gasteiger partial charge in [0.05, 0.1) is 0 Å². The second-order valence-corrected chi connectivity index (χ2v) is 8.09. The van der Waals surface area contributed by atoms with Crippen LogP contribution in [0.3, 0.4) is 0 Å². The zero-order valence-corrected chi connectivity index (χ0v) is 19.4. The van der Waals surface area contributed by atoms with Gasteiger partial charge in [0.2, 0.25) is 0 Å². The topological polar surface area (TPSA) is 40.6 Å². The second kappa shape index (κ2) is 14.2. The van der Waals surface area contributed by atoms with Crippen molar-refractivity contribution in [3.63, 3.8) is 0 Å². The van der Waals surface area contributed by atoms with Gasteiger partial charge in [-0.2, -0.15) is 0 Å². The highest BCUT2D eigenvalue weighted by molar-refractivity contribution is 6.00. The summed E-state index contributed by atoms with van der Waals surface area (Å²) in [5.74, 6) is 0.108. The van der Waals surface area contributed by atoms with Crippen LogP contribution in [-0.4, -0.2) is 47.8 Å². The molecule has 1 aromatic rings. The molecule has 0 aliphatic rings. The Morgan fingerprint density at radius 3 is 1.21 bits per heavy atom. The molecule has 164 valence electrons. The van der Waals surface area contributed by atoms with Crippen molar-refractivity contribution in [3.05, 3.63) is 34.9 Å². The van der Waals surface area contributed by atoms with Crippen molar-refractivity contribution < 1.29 is 9.59 Å². The maximum Gasteiger partial charge on any atom is 0.253 e. The molecule has 1 rings (SSSR count). The average Bonchev–Trinajstić information content (AvgIpc) is 2.72. The van der Waals surface area contributed by atoms with Crippen LogP contribution in [0.2, 0.25) is 0 Å². The summed E-state index contributed by atoms with van der Waals surface area (Å²) in [7, 11) is 0. The van der Waals surface area contributed by atoms with E-state index >= 15 is 0 Å². The van der Waals surface area contributed by atoms with Crippen molar-refractivity contribution in [1.29, 1.82) is 0 Å². The standard InChI is InChI=1S/C25H42N2O2/c1-6-10-14-26(15-11-7-2)24(28)22-18-21(5)19-23(20-22)25(29)27(16-12-8-3)17-13-9-4/h18-20H,6-17H2,1-5H3. The number of unbranched alkanes of at least 4 members (excludes halogenated alkanes) is 4. The molecule has 0 unspecified atom stereocenters. The molecular formula is C25H42N2O2. The van der Waals surface area contributed by atoms with Gasteiger partial charge in [0.25, 0.3) is 11.8 Å². The smallest absolute Gasteiger partial charge is 0.253 e. The minimum Gasteiger partial charge on any atom is -0.339 e. The lowest BCUT2D eigenvalue weighted by molar-refractivity contribution is 0.0749. The van der Waals surface area contributed by atoms with E-state index in [2.05, 4.69) is 27.7 Å². The Kier molecular flexibility index (Phi) is 12.3. The molecule has 4 nitrogen and oxygen atoms in total. The first-order valence-electron chi connectivity index (χ1n) is 11.7. The van der Waals surface area contributed by atoms with E-state index in [-0.39, 0.29) is 11.8 Å². The van der Waals surface area contributed by atoms with Crippen molar-refractivity contribution in [1.82, 2.24) is 9.80 Å². The molecule has 1 aromatic carbocycles. The number of amides is 2. The van der Waals surface area contributed by atoms with Crippen LogP contribution in [0.1, 0.15) is 105 Å². The largest absolute Gasteiger partial charge is 0.339 e. The Morgan fingerprint density at radius 1 is 0.621 bits per heavy atom. The monoisotopic (exact) mass is 402 g/mol. The minimum atomic E-state index is 0.0540. The van der Waals surface area contributed by atoms with Gasteiger partial charge < -0.3 is 9.80 Å². The zero-order chi connectivity index (χ0) is 21.6.